The first-order chi connectivity index (χ1) is 12.3. The van der Waals surface area contributed by atoms with E-state index in [9.17, 15) is 18.0 Å². The molecule has 0 bridgehead atoms. The SMILES string of the molecule is CCS(=O)(=O)c1ccc([C@H](CNC(N)=O)NC(=O)c2cccnc2)cc1. The van der Waals surface area contributed by atoms with E-state index in [1.54, 1.807) is 37.4 Å². The summed E-state index contributed by atoms with van der Waals surface area (Å²) in [4.78, 5) is 27.5. The number of primary amides is 1. The van der Waals surface area contributed by atoms with E-state index in [-0.39, 0.29) is 23.1 Å². The van der Waals surface area contributed by atoms with Gasteiger partial charge in [0.05, 0.1) is 22.3 Å². The molecule has 138 valence electrons. The number of benzene rings is 1. The maximum absolute atomic E-state index is 12.4. The summed E-state index contributed by atoms with van der Waals surface area (Å²) in [5.41, 5.74) is 6.10. The number of sulfone groups is 1. The van der Waals surface area contributed by atoms with Crippen molar-refractivity contribution in [3.05, 3.63) is 59.9 Å². The van der Waals surface area contributed by atoms with Crippen LogP contribution in [0.1, 0.15) is 28.9 Å². The fraction of sp³-hybridized carbons (Fsp3) is 0.235. The molecule has 0 aliphatic carbocycles. The van der Waals surface area contributed by atoms with Crippen molar-refractivity contribution in [2.45, 2.75) is 17.9 Å². The van der Waals surface area contributed by atoms with Crippen molar-refractivity contribution >= 4 is 21.8 Å². The quantitative estimate of drug-likeness (QED) is 0.664. The van der Waals surface area contributed by atoms with Crippen molar-refractivity contribution in [1.29, 1.82) is 0 Å². The molecule has 2 aromatic rings. The molecule has 0 saturated carbocycles. The van der Waals surface area contributed by atoms with E-state index in [0.29, 0.717) is 11.1 Å². The summed E-state index contributed by atoms with van der Waals surface area (Å²) in [7, 11) is -3.32. The van der Waals surface area contributed by atoms with Crippen LogP contribution in [-0.2, 0) is 9.84 Å². The zero-order valence-corrected chi connectivity index (χ0v) is 15.0. The van der Waals surface area contributed by atoms with E-state index < -0.39 is 21.9 Å². The van der Waals surface area contributed by atoms with Gasteiger partial charge in [-0.1, -0.05) is 19.1 Å². The molecule has 4 N–H and O–H groups in total. The summed E-state index contributed by atoms with van der Waals surface area (Å²) < 4.78 is 23.8. The smallest absolute Gasteiger partial charge is 0.312 e. The Bertz CT molecular complexity index is 867. The van der Waals surface area contributed by atoms with Gasteiger partial charge < -0.3 is 16.4 Å². The number of nitrogens with zero attached hydrogens (tertiary/aromatic N) is 1. The second kappa shape index (κ2) is 8.43. The number of nitrogens with two attached hydrogens (primary N) is 1. The fourth-order valence-electron chi connectivity index (χ4n) is 2.27. The van der Waals surface area contributed by atoms with E-state index >= 15 is 0 Å². The third kappa shape index (κ3) is 5.03. The van der Waals surface area contributed by atoms with Crippen LogP contribution in [0.4, 0.5) is 4.79 Å². The summed E-state index contributed by atoms with van der Waals surface area (Å²) in [5, 5.41) is 5.23. The molecule has 0 unspecified atom stereocenters. The van der Waals surface area contributed by atoms with Gasteiger partial charge in [0.25, 0.3) is 5.91 Å². The molecule has 3 amide bonds. The predicted molar refractivity (Wildman–Crippen MR) is 96.2 cm³/mol. The molecule has 8 nitrogen and oxygen atoms in total. The number of nitrogens with one attached hydrogen (secondary N) is 2. The standard InChI is InChI=1S/C17H20N4O4S/c1-2-26(24,25)14-7-5-12(6-8-14)15(11-20-17(18)23)21-16(22)13-4-3-9-19-10-13/h3-10,15H,2,11H2,1H3,(H,21,22)(H3,18,20,23)/t15-/m0/s1. The van der Waals surface area contributed by atoms with Crippen molar-refractivity contribution < 1.29 is 18.0 Å². The number of carbonyl (C=O) groups excluding carboxylic acids is 2. The average Bonchev–Trinajstić information content (AvgIpc) is 2.65. The van der Waals surface area contributed by atoms with Gasteiger partial charge >= 0.3 is 6.03 Å². The minimum atomic E-state index is -3.32. The highest BCUT2D eigenvalue weighted by Crippen LogP contribution is 2.18. The maximum Gasteiger partial charge on any atom is 0.312 e. The lowest BCUT2D eigenvalue weighted by atomic mass is 10.1. The van der Waals surface area contributed by atoms with Crippen LogP contribution in [0, 0.1) is 0 Å². The van der Waals surface area contributed by atoms with Crippen LogP contribution in [0.2, 0.25) is 0 Å². The van der Waals surface area contributed by atoms with Crippen molar-refractivity contribution in [3.63, 3.8) is 0 Å². The average molecular weight is 376 g/mol. The maximum atomic E-state index is 12.4. The first-order valence-corrected chi connectivity index (χ1v) is 9.55. The number of carbonyl (C=O) groups is 2. The van der Waals surface area contributed by atoms with Crippen LogP contribution in [0.25, 0.3) is 0 Å². The number of hydrogen-bond donors (Lipinski definition) is 3. The Morgan fingerprint density at radius 3 is 2.42 bits per heavy atom. The summed E-state index contributed by atoms with van der Waals surface area (Å²) in [6, 6.07) is 8.07. The Hall–Kier alpha value is -2.94. The highest BCUT2D eigenvalue weighted by atomic mass is 32.2. The zero-order valence-electron chi connectivity index (χ0n) is 14.2. The van der Waals surface area contributed by atoms with Gasteiger partial charge in [-0.05, 0) is 29.8 Å². The molecule has 26 heavy (non-hydrogen) atoms. The summed E-state index contributed by atoms with van der Waals surface area (Å²) in [6.07, 6.45) is 2.97. The van der Waals surface area contributed by atoms with E-state index in [1.165, 1.54) is 18.3 Å². The van der Waals surface area contributed by atoms with Crippen molar-refractivity contribution in [3.8, 4) is 0 Å². The number of pyridine rings is 1. The molecule has 1 heterocycles. The van der Waals surface area contributed by atoms with Crippen LogP contribution in [0.5, 0.6) is 0 Å². The minimum Gasteiger partial charge on any atom is -0.352 e. The highest BCUT2D eigenvalue weighted by molar-refractivity contribution is 7.91. The lowest BCUT2D eigenvalue weighted by molar-refractivity contribution is 0.0936. The van der Waals surface area contributed by atoms with E-state index in [0.717, 1.165) is 0 Å². The largest absolute Gasteiger partial charge is 0.352 e. The topological polar surface area (TPSA) is 131 Å². The molecule has 0 aliphatic heterocycles. The second-order valence-corrected chi connectivity index (χ2v) is 7.76. The van der Waals surface area contributed by atoms with E-state index in [2.05, 4.69) is 15.6 Å². The summed E-state index contributed by atoms with van der Waals surface area (Å²) >= 11 is 0. The fourth-order valence-corrected chi connectivity index (χ4v) is 3.15. The molecule has 0 spiro atoms. The highest BCUT2D eigenvalue weighted by Gasteiger charge is 2.18. The van der Waals surface area contributed by atoms with Gasteiger partial charge in [-0.15, -0.1) is 0 Å². The molecule has 0 saturated heterocycles. The lowest BCUT2D eigenvalue weighted by Gasteiger charge is -2.20. The Morgan fingerprint density at radius 2 is 1.88 bits per heavy atom. The van der Waals surface area contributed by atoms with Crippen LogP contribution in [0.15, 0.2) is 53.7 Å². The Balaban J connectivity index is 2.24. The third-order valence-corrected chi connectivity index (χ3v) is 5.48. The minimum absolute atomic E-state index is 0.00322. The molecule has 1 atom stereocenters. The van der Waals surface area contributed by atoms with Gasteiger partial charge in [-0.3, -0.25) is 9.78 Å². The molecule has 1 aromatic carbocycles. The van der Waals surface area contributed by atoms with Crippen LogP contribution in [0.3, 0.4) is 0 Å². The third-order valence-electron chi connectivity index (χ3n) is 3.73. The van der Waals surface area contributed by atoms with Gasteiger partial charge in [0.1, 0.15) is 0 Å². The summed E-state index contributed by atoms with van der Waals surface area (Å²) in [5.74, 6) is -0.379. The number of aromatic nitrogens is 1. The Labute approximate surface area is 151 Å². The summed E-state index contributed by atoms with van der Waals surface area (Å²) in [6.45, 7) is 1.62. The van der Waals surface area contributed by atoms with Crippen LogP contribution in [-0.4, -0.2) is 37.6 Å². The molecular weight excluding hydrogens is 356 g/mol. The molecule has 9 heteroatoms. The van der Waals surface area contributed by atoms with Crippen molar-refractivity contribution in [2.75, 3.05) is 12.3 Å². The van der Waals surface area contributed by atoms with Gasteiger partial charge in [0.2, 0.25) is 0 Å². The van der Waals surface area contributed by atoms with Crippen LogP contribution >= 0.6 is 0 Å². The van der Waals surface area contributed by atoms with Gasteiger partial charge in [0.15, 0.2) is 9.84 Å². The van der Waals surface area contributed by atoms with E-state index in [1.807, 2.05) is 0 Å². The number of amides is 3. The second-order valence-electron chi connectivity index (χ2n) is 5.49. The number of rotatable bonds is 7. The molecule has 2 rings (SSSR count). The van der Waals surface area contributed by atoms with Gasteiger partial charge in [-0.25, -0.2) is 13.2 Å². The van der Waals surface area contributed by atoms with E-state index in [4.69, 9.17) is 5.73 Å². The number of hydrogen-bond acceptors (Lipinski definition) is 5. The Kier molecular flexibility index (Phi) is 6.29. The zero-order chi connectivity index (χ0) is 19.2. The van der Waals surface area contributed by atoms with Crippen molar-refractivity contribution in [2.24, 2.45) is 5.73 Å². The van der Waals surface area contributed by atoms with Crippen molar-refractivity contribution in [1.82, 2.24) is 15.6 Å². The monoisotopic (exact) mass is 376 g/mol. The first kappa shape index (κ1) is 19.4. The predicted octanol–water partition coefficient (Wildman–Crippen LogP) is 1.01. The first-order valence-electron chi connectivity index (χ1n) is 7.90. The molecular formula is C17H20N4O4S. The van der Waals surface area contributed by atoms with Gasteiger partial charge in [-0.2, -0.15) is 0 Å². The van der Waals surface area contributed by atoms with Gasteiger partial charge in [0, 0.05) is 18.9 Å². The molecule has 0 fully saturated rings. The molecule has 0 aliphatic rings. The normalized spacial score (nSPS) is 12.2. The molecule has 0 radical (unpaired) electrons. The molecule has 1 aromatic heterocycles. The van der Waals surface area contributed by atoms with Crippen LogP contribution < -0.4 is 16.4 Å². The lowest BCUT2D eigenvalue weighted by Crippen LogP contribution is -2.39. The number of urea groups is 1. The Morgan fingerprint density at radius 1 is 1.19 bits per heavy atom.